The average molecular weight is 414 g/mol. The van der Waals surface area contributed by atoms with Crippen LogP contribution in [-0.2, 0) is 4.79 Å². The number of carboxylic acids is 1. The van der Waals surface area contributed by atoms with Crippen LogP contribution >= 0.6 is 23.1 Å². The molecule has 2 rings (SSSR count). The minimum Gasteiger partial charge on any atom is -0.476 e. The molecule has 3 N–H and O–H groups in total. The third kappa shape index (κ3) is 5.93. The second-order valence-electron chi connectivity index (χ2n) is 9.10. The summed E-state index contributed by atoms with van der Waals surface area (Å²) in [5.74, 6) is -0.172. The molecule has 1 aliphatic heterocycles. The Kier molecular flexibility index (Phi) is 6.97. The molecule has 0 radical (unpaired) electrons. The fraction of sp³-hybridized carbons (Fsp3) is 0.737. The fourth-order valence-electron chi connectivity index (χ4n) is 4.08. The third-order valence-corrected chi connectivity index (χ3v) is 6.94. The second kappa shape index (κ2) is 8.49. The van der Waals surface area contributed by atoms with Gasteiger partial charge in [-0.15, -0.1) is 11.3 Å². The number of amides is 1. The van der Waals surface area contributed by atoms with Gasteiger partial charge < -0.3 is 15.7 Å². The number of aromatic carboxylic acids is 1. The second-order valence-corrected chi connectivity index (χ2v) is 11.3. The van der Waals surface area contributed by atoms with Crippen molar-refractivity contribution in [3.05, 3.63) is 11.1 Å². The van der Waals surface area contributed by atoms with E-state index in [1.165, 1.54) is 23.1 Å². The number of carbonyl (C=O) groups is 2. The summed E-state index contributed by atoms with van der Waals surface area (Å²) in [5, 5.41) is 10.5. The van der Waals surface area contributed by atoms with Gasteiger partial charge in [0.15, 0.2) is 10.0 Å². The summed E-state index contributed by atoms with van der Waals surface area (Å²) in [6, 6.07) is -0.0204. The molecule has 1 fully saturated rings. The first-order valence-electron chi connectivity index (χ1n) is 9.27. The lowest BCUT2D eigenvalue weighted by atomic mass is 9.70. The number of nitrogens with zero attached hydrogens (tertiary/aromatic N) is 2. The number of thiazole rings is 1. The Balaban J connectivity index is 1.97. The van der Waals surface area contributed by atoms with Gasteiger partial charge in [-0.1, -0.05) is 46.4 Å². The number of hydrogen-bond donors (Lipinski definition) is 2. The fourth-order valence-corrected chi connectivity index (χ4v) is 5.89. The van der Waals surface area contributed by atoms with Crippen LogP contribution in [0.2, 0.25) is 0 Å². The van der Waals surface area contributed by atoms with Gasteiger partial charge in [0.05, 0.1) is 0 Å². The molecule has 0 spiro atoms. The maximum atomic E-state index is 12.4. The first kappa shape index (κ1) is 22.2. The van der Waals surface area contributed by atoms with E-state index in [0.29, 0.717) is 23.1 Å². The van der Waals surface area contributed by atoms with E-state index in [1.54, 1.807) is 5.38 Å². The molecule has 8 heteroatoms. The molecule has 152 valence electrons. The predicted octanol–water partition coefficient (Wildman–Crippen LogP) is 3.71. The molecule has 2 atom stereocenters. The van der Waals surface area contributed by atoms with Crippen LogP contribution in [0.4, 0.5) is 0 Å². The molecule has 1 amide bonds. The summed E-state index contributed by atoms with van der Waals surface area (Å²) in [6.45, 7) is 11.7. The van der Waals surface area contributed by atoms with E-state index in [-0.39, 0.29) is 34.5 Å². The monoisotopic (exact) mass is 413 g/mol. The molecule has 0 saturated carbocycles. The molecule has 0 bridgehead atoms. The van der Waals surface area contributed by atoms with Gasteiger partial charge in [0, 0.05) is 36.2 Å². The average Bonchev–Trinajstić information content (AvgIpc) is 3.12. The molecule has 0 aliphatic carbocycles. The predicted molar refractivity (Wildman–Crippen MR) is 110 cm³/mol. The summed E-state index contributed by atoms with van der Waals surface area (Å²) in [7, 11) is 0. The van der Waals surface area contributed by atoms with Gasteiger partial charge in [0.25, 0.3) is 0 Å². The molecule has 1 aromatic heterocycles. The number of nitrogens with two attached hydrogens (primary N) is 1. The minimum atomic E-state index is -1.01. The largest absolute Gasteiger partial charge is 0.476 e. The van der Waals surface area contributed by atoms with Crippen molar-refractivity contribution in [1.29, 1.82) is 0 Å². The van der Waals surface area contributed by atoms with E-state index in [1.807, 2.05) is 4.90 Å². The lowest BCUT2D eigenvalue weighted by Gasteiger charge is -2.42. The quantitative estimate of drug-likeness (QED) is 0.631. The Morgan fingerprint density at radius 2 is 2.11 bits per heavy atom. The van der Waals surface area contributed by atoms with Crippen LogP contribution in [0, 0.1) is 10.8 Å². The van der Waals surface area contributed by atoms with Gasteiger partial charge in [-0.2, -0.15) is 0 Å². The third-order valence-electron chi connectivity index (χ3n) is 4.94. The minimum absolute atomic E-state index is 0.0568. The molecular formula is C19H31N3O3S2. The van der Waals surface area contributed by atoms with Crippen molar-refractivity contribution in [3.8, 4) is 0 Å². The number of carboxylic acid groups (broad SMARTS) is 1. The van der Waals surface area contributed by atoms with E-state index in [9.17, 15) is 9.59 Å². The SMILES string of the molecule is CC(C)(C)CC(C)(C)C(N)[C@H]1CCC(=O)N1CCSc1nc(C(=O)O)cs1. The summed E-state index contributed by atoms with van der Waals surface area (Å²) < 4.78 is 0.716. The van der Waals surface area contributed by atoms with Crippen LogP contribution in [0.1, 0.15) is 64.4 Å². The van der Waals surface area contributed by atoms with E-state index in [0.717, 1.165) is 12.8 Å². The van der Waals surface area contributed by atoms with Crippen molar-refractivity contribution < 1.29 is 14.7 Å². The molecule has 1 aliphatic rings. The van der Waals surface area contributed by atoms with Crippen LogP contribution in [-0.4, -0.2) is 51.2 Å². The van der Waals surface area contributed by atoms with Crippen LogP contribution in [0.25, 0.3) is 0 Å². The first-order valence-corrected chi connectivity index (χ1v) is 11.1. The molecule has 1 unspecified atom stereocenters. The summed E-state index contributed by atoms with van der Waals surface area (Å²) in [4.78, 5) is 29.3. The van der Waals surface area contributed by atoms with Crippen LogP contribution in [0.15, 0.2) is 9.72 Å². The Labute approximate surface area is 169 Å². The highest BCUT2D eigenvalue weighted by Crippen LogP contribution is 2.39. The van der Waals surface area contributed by atoms with Crippen LogP contribution in [0.3, 0.4) is 0 Å². The van der Waals surface area contributed by atoms with Crippen molar-refractivity contribution in [2.45, 2.75) is 70.3 Å². The number of aromatic nitrogens is 1. The Morgan fingerprint density at radius 3 is 2.67 bits per heavy atom. The highest BCUT2D eigenvalue weighted by atomic mass is 32.2. The number of rotatable bonds is 8. The van der Waals surface area contributed by atoms with Crippen molar-refractivity contribution in [2.24, 2.45) is 16.6 Å². The van der Waals surface area contributed by atoms with Gasteiger partial charge in [-0.3, -0.25) is 4.79 Å². The molecule has 27 heavy (non-hydrogen) atoms. The highest BCUT2D eigenvalue weighted by molar-refractivity contribution is 8.01. The van der Waals surface area contributed by atoms with Crippen LogP contribution < -0.4 is 5.73 Å². The van der Waals surface area contributed by atoms with Crippen molar-refractivity contribution in [2.75, 3.05) is 12.3 Å². The van der Waals surface area contributed by atoms with Crippen molar-refractivity contribution in [1.82, 2.24) is 9.88 Å². The van der Waals surface area contributed by atoms with Crippen molar-refractivity contribution >= 4 is 35.0 Å². The van der Waals surface area contributed by atoms with E-state index < -0.39 is 5.97 Å². The van der Waals surface area contributed by atoms with Gasteiger partial charge in [-0.25, -0.2) is 9.78 Å². The highest BCUT2D eigenvalue weighted by Gasteiger charge is 2.42. The molecule has 1 saturated heterocycles. The van der Waals surface area contributed by atoms with Gasteiger partial charge in [0.2, 0.25) is 5.91 Å². The molecule has 1 aromatic rings. The standard InChI is InChI=1S/C19H31N3O3S2/c1-18(2,3)11-19(4,5)15(20)13-6-7-14(23)22(13)8-9-26-17-21-12(10-27-17)16(24)25/h10,13,15H,6-9,11,20H2,1-5H3,(H,24,25)/t13-,15?/m1/s1. The summed E-state index contributed by atoms with van der Waals surface area (Å²) in [5.41, 5.74) is 6.85. The number of likely N-dealkylation sites (tertiary alicyclic amines) is 1. The number of carbonyl (C=O) groups excluding carboxylic acids is 1. The Bertz CT molecular complexity index is 682. The Hall–Kier alpha value is -1.12. The lowest BCUT2D eigenvalue weighted by molar-refractivity contribution is -0.129. The lowest BCUT2D eigenvalue weighted by Crippen LogP contribution is -2.54. The van der Waals surface area contributed by atoms with E-state index in [4.69, 9.17) is 10.8 Å². The summed E-state index contributed by atoms with van der Waals surface area (Å²) >= 11 is 2.81. The van der Waals surface area contributed by atoms with Gasteiger partial charge >= 0.3 is 5.97 Å². The maximum absolute atomic E-state index is 12.4. The Morgan fingerprint density at radius 1 is 1.44 bits per heavy atom. The van der Waals surface area contributed by atoms with Crippen molar-refractivity contribution in [3.63, 3.8) is 0 Å². The maximum Gasteiger partial charge on any atom is 0.355 e. The molecule has 2 heterocycles. The topological polar surface area (TPSA) is 96.5 Å². The van der Waals surface area contributed by atoms with E-state index >= 15 is 0 Å². The first-order chi connectivity index (χ1) is 12.4. The molecular weight excluding hydrogens is 382 g/mol. The normalized spacial score (nSPS) is 19.6. The smallest absolute Gasteiger partial charge is 0.355 e. The van der Waals surface area contributed by atoms with E-state index in [2.05, 4.69) is 39.6 Å². The zero-order valence-electron chi connectivity index (χ0n) is 16.8. The molecule has 6 nitrogen and oxygen atoms in total. The zero-order valence-corrected chi connectivity index (χ0v) is 18.5. The zero-order chi connectivity index (χ0) is 20.4. The molecule has 0 aromatic carbocycles. The van der Waals surface area contributed by atoms with Gasteiger partial charge in [-0.05, 0) is 23.7 Å². The van der Waals surface area contributed by atoms with Gasteiger partial charge in [0.1, 0.15) is 0 Å². The number of hydrogen-bond acceptors (Lipinski definition) is 6. The van der Waals surface area contributed by atoms with Crippen LogP contribution in [0.5, 0.6) is 0 Å². The summed E-state index contributed by atoms with van der Waals surface area (Å²) in [6.07, 6.45) is 2.35. The number of thioether (sulfide) groups is 1.